The number of rotatable bonds is 0. The van der Waals surface area contributed by atoms with Crippen LogP contribution in [0.15, 0.2) is 40.3 Å². The molecule has 0 saturated heterocycles. The van der Waals surface area contributed by atoms with Gasteiger partial charge in [0.1, 0.15) is 5.58 Å². The summed E-state index contributed by atoms with van der Waals surface area (Å²) in [6.45, 7) is 0. The van der Waals surface area contributed by atoms with Crippen LogP contribution in [0.2, 0.25) is 0 Å². The van der Waals surface area contributed by atoms with Gasteiger partial charge in [-0.1, -0.05) is 0 Å². The highest BCUT2D eigenvalue weighted by Crippen LogP contribution is 2.29. The molecule has 0 spiro atoms. The van der Waals surface area contributed by atoms with Gasteiger partial charge >= 0.3 is 0 Å². The lowest BCUT2D eigenvalue weighted by Crippen LogP contribution is -1.63. The Morgan fingerprint density at radius 2 is 2.08 bits per heavy atom. The van der Waals surface area contributed by atoms with Gasteiger partial charge in [-0.05, 0) is 29.6 Å². The summed E-state index contributed by atoms with van der Waals surface area (Å²) in [5.74, 6) is 0. The van der Waals surface area contributed by atoms with Crippen LogP contribution >= 0.6 is 11.3 Å². The molecule has 0 aliphatic rings. The van der Waals surface area contributed by atoms with Gasteiger partial charge in [0.2, 0.25) is 0 Å². The minimum atomic E-state index is 1.01. The van der Waals surface area contributed by atoms with E-state index in [4.69, 9.17) is 4.42 Å². The van der Waals surface area contributed by atoms with Crippen molar-refractivity contribution in [2.24, 2.45) is 0 Å². The van der Waals surface area contributed by atoms with Crippen LogP contribution in [-0.2, 0) is 0 Å². The fourth-order valence-corrected chi connectivity index (χ4v) is 2.26. The maximum atomic E-state index is 5.40. The van der Waals surface area contributed by atoms with Crippen molar-refractivity contribution >= 4 is 32.4 Å². The van der Waals surface area contributed by atoms with Crippen LogP contribution < -0.4 is 0 Å². The van der Waals surface area contributed by atoms with Gasteiger partial charge in [-0.2, -0.15) is 0 Å². The summed E-state index contributed by atoms with van der Waals surface area (Å²) < 4.78 is 6.69. The summed E-state index contributed by atoms with van der Waals surface area (Å²) >= 11 is 1.75. The number of thiophene rings is 1. The van der Waals surface area contributed by atoms with E-state index in [9.17, 15) is 0 Å². The normalized spacial score (nSPS) is 11.3. The first kappa shape index (κ1) is 6.26. The molecule has 0 aliphatic heterocycles. The van der Waals surface area contributed by atoms with Crippen LogP contribution in [0.3, 0.4) is 0 Å². The Balaban J connectivity index is 2.71. The minimum Gasteiger partial charge on any atom is -0.464 e. The summed E-state index contributed by atoms with van der Waals surface area (Å²) in [6.07, 6.45) is 1.74. The highest BCUT2D eigenvalue weighted by Gasteiger charge is 2.02. The second-order valence-electron chi connectivity index (χ2n) is 2.74. The second-order valence-corrected chi connectivity index (χ2v) is 3.68. The summed E-state index contributed by atoms with van der Waals surface area (Å²) in [5.41, 5.74) is 1.01. The van der Waals surface area contributed by atoms with Crippen LogP contribution in [-0.4, -0.2) is 0 Å². The van der Waals surface area contributed by atoms with Crippen molar-refractivity contribution in [1.29, 1.82) is 0 Å². The average Bonchev–Trinajstić information content (AvgIpc) is 2.71. The number of fused-ring (bicyclic) bond motifs is 3. The maximum absolute atomic E-state index is 5.40. The van der Waals surface area contributed by atoms with Crippen molar-refractivity contribution < 1.29 is 4.42 Å². The van der Waals surface area contributed by atoms with Crippen LogP contribution in [0.4, 0.5) is 0 Å². The monoisotopic (exact) mass is 174 g/mol. The maximum Gasteiger partial charge on any atom is 0.142 e. The molecule has 1 nitrogen and oxygen atoms in total. The molecule has 0 radical (unpaired) electrons. The Bertz CT molecular complexity index is 483. The third-order valence-corrected chi connectivity index (χ3v) is 2.93. The molecule has 0 amide bonds. The van der Waals surface area contributed by atoms with Crippen LogP contribution in [0.1, 0.15) is 0 Å². The van der Waals surface area contributed by atoms with Gasteiger partial charge in [0, 0.05) is 15.5 Å². The van der Waals surface area contributed by atoms with E-state index in [-0.39, 0.29) is 0 Å². The quantitative estimate of drug-likeness (QED) is 0.507. The zero-order chi connectivity index (χ0) is 7.97. The van der Waals surface area contributed by atoms with E-state index < -0.39 is 0 Å². The van der Waals surface area contributed by atoms with E-state index in [1.54, 1.807) is 17.6 Å². The average molecular weight is 174 g/mol. The van der Waals surface area contributed by atoms with Crippen LogP contribution in [0.25, 0.3) is 21.1 Å². The van der Waals surface area contributed by atoms with Crippen molar-refractivity contribution in [2.75, 3.05) is 0 Å². The topological polar surface area (TPSA) is 13.1 Å². The first-order chi connectivity index (χ1) is 5.95. The number of hydrogen-bond acceptors (Lipinski definition) is 2. The van der Waals surface area contributed by atoms with E-state index in [2.05, 4.69) is 23.6 Å². The highest BCUT2D eigenvalue weighted by molar-refractivity contribution is 7.17. The van der Waals surface area contributed by atoms with E-state index in [0.717, 1.165) is 5.58 Å². The zero-order valence-electron chi connectivity index (χ0n) is 6.28. The number of furan rings is 1. The van der Waals surface area contributed by atoms with Gasteiger partial charge < -0.3 is 4.42 Å². The minimum absolute atomic E-state index is 1.01. The lowest BCUT2D eigenvalue weighted by Gasteiger charge is -1.89. The van der Waals surface area contributed by atoms with Gasteiger partial charge in [-0.25, -0.2) is 0 Å². The van der Waals surface area contributed by atoms with Crippen molar-refractivity contribution in [3.05, 3.63) is 35.9 Å². The van der Waals surface area contributed by atoms with E-state index in [0.29, 0.717) is 0 Å². The molecule has 12 heavy (non-hydrogen) atoms. The molecule has 0 unspecified atom stereocenters. The predicted octanol–water partition coefficient (Wildman–Crippen LogP) is 3.65. The lowest BCUT2D eigenvalue weighted by molar-refractivity contribution is 0.619. The fraction of sp³-hybridized carbons (Fsp3) is 0. The van der Waals surface area contributed by atoms with Crippen molar-refractivity contribution in [3.8, 4) is 0 Å². The molecule has 2 aromatic heterocycles. The van der Waals surface area contributed by atoms with E-state index in [1.807, 2.05) is 6.07 Å². The molecule has 0 bridgehead atoms. The van der Waals surface area contributed by atoms with Crippen molar-refractivity contribution in [2.45, 2.75) is 0 Å². The summed E-state index contributed by atoms with van der Waals surface area (Å²) in [6, 6.07) is 8.33. The van der Waals surface area contributed by atoms with Crippen LogP contribution in [0.5, 0.6) is 0 Å². The molecule has 0 N–H and O–H groups in total. The molecule has 1 aromatic carbocycles. The standard InChI is InChI=1S/C10H6OS/c1-2-9-8(4-6-12-9)10-7(1)3-5-11-10/h1-6H. The summed E-state index contributed by atoms with van der Waals surface area (Å²) in [4.78, 5) is 0. The van der Waals surface area contributed by atoms with Gasteiger partial charge in [0.25, 0.3) is 0 Å². The SMILES string of the molecule is c1cc2ccc3sccc3c2o1. The summed E-state index contributed by atoms with van der Waals surface area (Å²) in [5, 5.41) is 4.50. The molecule has 2 heterocycles. The predicted molar refractivity (Wildman–Crippen MR) is 51.6 cm³/mol. The molecule has 0 aliphatic carbocycles. The molecule has 3 aromatic rings. The molecule has 58 valence electrons. The Kier molecular flexibility index (Phi) is 1.10. The van der Waals surface area contributed by atoms with Crippen LogP contribution in [0, 0.1) is 0 Å². The zero-order valence-corrected chi connectivity index (χ0v) is 7.10. The first-order valence-corrected chi connectivity index (χ1v) is 4.66. The second kappa shape index (κ2) is 2.11. The van der Waals surface area contributed by atoms with E-state index in [1.165, 1.54) is 15.5 Å². The van der Waals surface area contributed by atoms with Gasteiger partial charge in [-0.15, -0.1) is 11.3 Å². The fourth-order valence-electron chi connectivity index (χ4n) is 1.47. The Labute approximate surface area is 73.2 Å². The number of benzene rings is 1. The van der Waals surface area contributed by atoms with Gasteiger partial charge in [0.05, 0.1) is 6.26 Å². The van der Waals surface area contributed by atoms with Gasteiger partial charge in [0.15, 0.2) is 0 Å². The molecule has 2 heteroatoms. The Morgan fingerprint density at radius 1 is 1.08 bits per heavy atom. The Morgan fingerprint density at radius 3 is 3.08 bits per heavy atom. The van der Waals surface area contributed by atoms with E-state index >= 15 is 0 Å². The summed E-state index contributed by atoms with van der Waals surface area (Å²) in [7, 11) is 0. The third-order valence-electron chi connectivity index (χ3n) is 2.05. The molecule has 0 fully saturated rings. The molecular formula is C10H6OS. The molecular weight excluding hydrogens is 168 g/mol. The largest absolute Gasteiger partial charge is 0.464 e. The molecule has 0 atom stereocenters. The lowest BCUT2D eigenvalue weighted by atomic mass is 10.2. The molecule has 0 saturated carbocycles. The number of hydrogen-bond donors (Lipinski definition) is 0. The highest BCUT2D eigenvalue weighted by atomic mass is 32.1. The first-order valence-electron chi connectivity index (χ1n) is 3.78. The Hall–Kier alpha value is -1.28. The van der Waals surface area contributed by atoms with Crippen molar-refractivity contribution in [3.63, 3.8) is 0 Å². The smallest absolute Gasteiger partial charge is 0.142 e. The third kappa shape index (κ3) is 0.676. The van der Waals surface area contributed by atoms with Crippen molar-refractivity contribution in [1.82, 2.24) is 0 Å². The van der Waals surface area contributed by atoms with Gasteiger partial charge in [-0.3, -0.25) is 0 Å². The molecule has 3 rings (SSSR count).